The van der Waals surface area contributed by atoms with Gasteiger partial charge in [0.1, 0.15) is 17.0 Å². The Morgan fingerprint density at radius 2 is 1.71 bits per heavy atom. The van der Waals surface area contributed by atoms with Gasteiger partial charge in [-0.3, -0.25) is 9.59 Å². The third kappa shape index (κ3) is 3.57. The highest BCUT2D eigenvalue weighted by Gasteiger charge is 2.60. The first-order valence-electron chi connectivity index (χ1n) is 11.4. The van der Waals surface area contributed by atoms with Crippen molar-refractivity contribution >= 4 is 33.2 Å². The topological polar surface area (TPSA) is 37.4 Å². The third-order valence-electron chi connectivity index (χ3n) is 7.75. The highest BCUT2D eigenvalue weighted by Crippen LogP contribution is 2.53. The van der Waals surface area contributed by atoms with Gasteiger partial charge in [0.2, 0.25) is 0 Å². The first kappa shape index (κ1) is 20.9. The van der Waals surface area contributed by atoms with Crippen molar-refractivity contribution in [3.8, 4) is 0 Å². The Labute approximate surface area is 193 Å². The molecular weight excluding hydrogens is 450 g/mol. The van der Waals surface area contributed by atoms with Crippen LogP contribution < -0.4 is 4.90 Å². The lowest BCUT2D eigenvalue weighted by atomic mass is 9.55. The summed E-state index contributed by atoms with van der Waals surface area (Å²) in [5, 5.41) is 0. The van der Waals surface area contributed by atoms with Gasteiger partial charge < -0.3 is 4.90 Å². The minimum atomic E-state index is -0.883. The first-order chi connectivity index (χ1) is 14.8. The van der Waals surface area contributed by atoms with E-state index in [0.717, 1.165) is 35.8 Å². The summed E-state index contributed by atoms with van der Waals surface area (Å²) < 4.78 is 1.05. The standard InChI is InChI=1S/C27H30BrNO2/c1-26(2)16-24(30)27(25(31)17-26)15-20-8-9-21(28)14-22(20)29-11-10-19(13-23(27)29)12-18-6-4-3-5-7-18/h3-9,14,19,23H,10-13,15-17H2,1-2H3. The van der Waals surface area contributed by atoms with Gasteiger partial charge in [-0.15, -0.1) is 0 Å². The molecule has 2 heterocycles. The van der Waals surface area contributed by atoms with Crippen LogP contribution in [0.15, 0.2) is 53.0 Å². The second-order valence-electron chi connectivity index (χ2n) is 10.6. The van der Waals surface area contributed by atoms with Crippen LogP contribution >= 0.6 is 15.9 Å². The second kappa shape index (κ2) is 7.58. The van der Waals surface area contributed by atoms with E-state index in [1.165, 1.54) is 11.3 Å². The van der Waals surface area contributed by atoms with Crippen LogP contribution in [-0.2, 0) is 22.4 Å². The van der Waals surface area contributed by atoms with Crippen LogP contribution in [0, 0.1) is 16.7 Å². The number of hydrogen-bond acceptors (Lipinski definition) is 3. The molecule has 1 aliphatic carbocycles. The first-order valence-corrected chi connectivity index (χ1v) is 12.2. The lowest BCUT2D eigenvalue weighted by Crippen LogP contribution is -2.65. The molecule has 1 saturated heterocycles. The summed E-state index contributed by atoms with van der Waals surface area (Å²) in [6.07, 6.45) is 4.56. The van der Waals surface area contributed by atoms with Gasteiger partial charge in [0.15, 0.2) is 0 Å². The number of carbonyl (C=O) groups is 2. The molecule has 2 atom stereocenters. The van der Waals surface area contributed by atoms with Gasteiger partial charge in [-0.05, 0) is 60.3 Å². The predicted molar refractivity (Wildman–Crippen MR) is 127 cm³/mol. The van der Waals surface area contributed by atoms with Crippen molar-refractivity contribution in [2.75, 3.05) is 11.4 Å². The van der Waals surface area contributed by atoms with E-state index in [2.05, 4.69) is 77.1 Å². The van der Waals surface area contributed by atoms with Gasteiger partial charge in [0.25, 0.3) is 0 Å². The molecule has 0 radical (unpaired) electrons. The molecule has 0 aromatic heterocycles. The number of benzene rings is 2. The number of anilines is 1. The predicted octanol–water partition coefficient (Wildman–Crippen LogP) is 5.78. The highest BCUT2D eigenvalue weighted by molar-refractivity contribution is 9.10. The number of fused-ring (bicyclic) bond motifs is 4. The van der Waals surface area contributed by atoms with Crippen LogP contribution in [0.5, 0.6) is 0 Å². The van der Waals surface area contributed by atoms with E-state index in [9.17, 15) is 9.59 Å². The van der Waals surface area contributed by atoms with Crippen molar-refractivity contribution in [2.45, 2.75) is 58.4 Å². The molecule has 1 saturated carbocycles. The Morgan fingerprint density at radius 3 is 2.42 bits per heavy atom. The maximum absolute atomic E-state index is 13.7. The quantitative estimate of drug-likeness (QED) is 0.512. The second-order valence-corrected chi connectivity index (χ2v) is 11.5. The van der Waals surface area contributed by atoms with Crippen molar-refractivity contribution in [1.29, 1.82) is 0 Å². The van der Waals surface area contributed by atoms with Crippen molar-refractivity contribution in [1.82, 2.24) is 0 Å². The maximum atomic E-state index is 13.7. The number of carbonyl (C=O) groups excluding carboxylic acids is 2. The zero-order valence-electron chi connectivity index (χ0n) is 18.4. The number of rotatable bonds is 2. The van der Waals surface area contributed by atoms with Crippen LogP contribution in [0.2, 0.25) is 0 Å². The van der Waals surface area contributed by atoms with E-state index in [4.69, 9.17) is 0 Å². The summed E-state index contributed by atoms with van der Waals surface area (Å²) in [7, 11) is 0. The summed E-state index contributed by atoms with van der Waals surface area (Å²) in [6, 6.07) is 16.9. The molecule has 0 bridgehead atoms. The number of nitrogens with zero attached hydrogens (tertiary/aromatic N) is 1. The molecule has 2 aliphatic heterocycles. The van der Waals surface area contributed by atoms with Gasteiger partial charge in [0.05, 0.1) is 0 Å². The zero-order valence-corrected chi connectivity index (χ0v) is 20.0. The monoisotopic (exact) mass is 479 g/mol. The Hall–Kier alpha value is -1.94. The number of hydrogen-bond donors (Lipinski definition) is 0. The molecule has 31 heavy (non-hydrogen) atoms. The van der Waals surface area contributed by atoms with E-state index < -0.39 is 5.41 Å². The van der Waals surface area contributed by atoms with Crippen molar-refractivity contribution in [2.24, 2.45) is 16.7 Å². The van der Waals surface area contributed by atoms with Gasteiger partial charge in [-0.2, -0.15) is 0 Å². The van der Waals surface area contributed by atoms with Crippen LogP contribution in [0.1, 0.15) is 50.7 Å². The lowest BCUT2D eigenvalue weighted by Gasteiger charge is -2.56. The summed E-state index contributed by atoms with van der Waals surface area (Å²) in [4.78, 5) is 29.9. The smallest absolute Gasteiger partial charge is 0.149 e. The van der Waals surface area contributed by atoms with Crippen molar-refractivity contribution in [3.63, 3.8) is 0 Å². The van der Waals surface area contributed by atoms with Crippen molar-refractivity contribution in [3.05, 3.63) is 64.1 Å². The number of Topliss-reactive ketones (excluding diaryl/α,β-unsaturated/α-hetero) is 2. The Balaban J connectivity index is 1.55. The van der Waals surface area contributed by atoms with Crippen LogP contribution in [0.25, 0.3) is 0 Å². The molecule has 0 amide bonds. The van der Waals surface area contributed by atoms with Gasteiger partial charge in [-0.25, -0.2) is 0 Å². The molecule has 2 fully saturated rings. The fraction of sp³-hybridized carbons (Fsp3) is 0.481. The Kier molecular flexibility index (Phi) is 5.12. The maximum Gasteiger partial charge on any atom is 0.149 e. The van der Waals surface area contributed by atoms with E-state index in [1.54, 1.807) is 0 Å². The Morgan fingerprint density at radius 1 is 1.00 bits per heavy atom. The van der Waals surface area contributed by atoms with Crippen LogP contribution in [0.4, 0.5) is 5.69 Å². The summed E-state index contributed by atoms with van der Waals surface area (Å²) >= 11 is 3.63. The Bertz CT molecular complexity index is 1010. The zero-order chi connectivity index (χ0) is 21.8. The largest absolute Gasteiger partial charge is 0.367 e. The summed E-state index contributed by atoms with van der Waals surface area (Å²) in [6.45, 7) is 5.01. The molecule has 1 spiro atoms. The van der Waals surface area contributed by atoms with Crippen LogP contribution in [-0.4, -0.2) is 24.2 Å². The van der Waals surface area contributed by atoms with Gasteiger partial charge >= 0.3 is 0 Å². The molecular formula is C27H30BrNO2. The van der Waals surface area contributed by atoms with Crippen molar-refractivity contribution < 1.29 is 9.59 Å². The van der Waals surface area contributed by atoms with Gasteiger partial charge in [0, 0.05) is 35.6 Å². The van der Waals surface area contributed by atoms with E-state index in [1.807, 2.05) is 6.07 Å². The van der Waals surface area contributed by atoms with E-state index in [0.29, 0.717) is 25.2 Å². The number of piperidine rings is 1. The normalized spacial score (nSPS) is 26.5. The minimum absolute atomic E-state index is 0.0344. The van der Waals surface area contributed by atoms with Crippen LogP contribution in [0.3, 0.4) is 0 Å². The lowest BCUT2D eigenvalue weighted by molar-refractivity contribution is -0.151. The minimum Gasteiger partial charge on any atom is -0.367 e. The molecule has 3 aliphatic rings. The van der Waals surface area contributed by atoms with E-state index >= 15 is 0 Å². The molecule has 0 N–H and O–H groups in total. The fourth-order valence-electron chi connectivity index (χ4n) is 6.27. The molecule has 2 aromatic carbocycles. The summed E-state index contributed by atoms with van der Waals surface area (Å²) in [5.41, 5.74) is 2.57. The fourth-order valence-corrected chi connectivity index (χ4v) is 6.62. The highest BCUT2D eigenvalue weighted by atomic mass is 79.9. The molecule has 5 rings (SSSR count). The molecule has 2 unspecified atom stereocenters. The average Bonchev–Trinajstić information content (AvgIpc) is 2.72. The summed E-state index contributed by atoms with van der Waals surface area (Å²) in [5.74, 6) is 0.820. The SMILES string of the molecule is CC1(C)CC(=O)C2(Cc3ccc(Br)cc3N3CCC(Cc4ccccc4)CC32)C(=O)C1. The number of ketones is 2. The molecule has 2 aromatic rings. The number of halogens is 1. The molecule has 3 nitrogen and oxygen atoms in total. The average molecular weight is 480 g/mol. The third-order valence-corrected chi connectivity index (χ3v) is 8.24. The molecule has 4 heteroatoms. The van der Waals surface area contributed by atoms with Gasteiger partial charge in [-0.1, -0.05) is 66.2 Å². The molecule has 162 valence electrons. The van der Waals surface area contributed by atoms with E-state index in [-0.39, 0.29) is 23.0 Å².